The Morgan fingerprint density at radius 2 is 1.91 bits per heavy atom. The number of aromatic hydroxyl groups is 1. The molecule has 2 rings (SSSR count). The molecule has 2 aromatic rings. The second-order valence-electron chi connectivity index (χ2n) is 5.05. The minimum absolute atomic E-state index is 0.0206. The second-order valence-corrected chi connectivity index (χ2v) is 5.49. The van der Waals surface area contributed by atoms with Gasteiger partial charge in [-0.3, -0.25) is 4.79 Å². The van der Waals surface area contributed by atoms with E-state index in [0.717, 1.165) is 11.1 Å². The van der Waals surface area contributed by atoms with E-state index in [1.807, 2.05) is 0 Å². The molecule has 0 atom stereocenters. The smallest absolute Gasteiger partial charge is 0.227 e. The number of likely N-dealkylation sites (N-methyl/N-ethyl adjacent to an activating group) is 1. The lowest BCUT2D eigenvalue weighted by molar-refractivity contribution is -0.129. The summed E-state index contributed by atoms with van der Waals surface area (Å²) >= 11 is 6.00. The van der Waals surface area contributed by atoms with Gasteiger partial charge in [-0.05, 0) is 35.9 Å². The minimum atomic E-state index is -0.0206. The lowest BCUT2D eigenvalue weighted by Gasteiger charge is -2.19. The molecule has 0 fully saturated rings. The zero-order valence-corrected chi connectivity index (χ0v) is 13.3. The first-order valence-electron chi connectivity index (χ1n) is 6.84. The molecule has 0 aliphatic carbocycles. The fourth-order valence-electron chi connectivity index (χ4n) is 2.14. The predicted molar refractivity (Wildman–Crippen MR) is 86.3 cm³/mol. The Balaban J connectivity index is 2.05. The first-order valence-corrected chi connectivity index (χ1v) is 7.21. The third-order valence-corrected chi connectivity index (χ3v) is 3.60. The Morgan fingerprint density at radius 3 is 2.55 bits per heavy atom. The van der Waals surface area contributed by atoms with E-state index in [0.29, 0.717) is 17.3 Å². The molecule has 22 heavy (non-hydrogen) atoms. The zero-order chi connectivity index (χ0) is 16.1. The third-order valence-electron chi connectivity index (χ3n) is 3.37. The molecule has 1 N–H and O–H groups in total. The lowest BCUT2D eigenvalue weighted by atomic mass is 10.1. The van der Waals surface area contributed by atoms with Crippen LogP contribution in [0.4, 0.5) is 0 Å². The number of hydrogen-bond acceptors (Lipinski definition) is 3. The summed E-state index contributed by atoms with van der Waals surface area (Å²) in [4.78, 5) is 13.9. The van der Waals surface area contributed by atoms with Crippen LogP contribution in [-0.2, 0) is 17.8 Å². The molecule has 1 amide bonds. The Labute approximate surface area is 134 Å². The minimum Gasteiger partial charge on any atom is -0.508 e. The molecule has 2 aromatic carbocycles. The molecule has 0 radical (unpaired) electrons. The summed E-state index contributed by atoms with van der Waals surface area (Å²) in [7, 11) is 3.33. The SMILES string of the molecule is COc1ccc(Cl)cc1CN(C)C(=O)Cc1ccc(O)cc1. The number of nitrogens with zero attached hydrogens (tertiary/aromatic N) is 1. The predicted octanol–water partition coefficient (Wildman–Crippen LogP) is 3.26. The van der Waals surface area contributed by atoms with E-state index in [1.165, 1.54) is 0 Å². The fourth-order valence-corrected chi connectivity index (χ4v) is 2.33. The molecule has 0 aliphatic rings. The van der Waals surface area contributed by atoms with Crippen LogP contribution in [0.5, 0.6) is 11.5 Å². The number of amides is 1. The van der Waals surface area contributed by atoms with Crippen molar-refractivity contribution in [2.24, 2.45) is 0 Å². The Hall–Kier alpha value is -2.20. The van der Waals surface area contributed by atoms with Crippen LogP contribution in [0.25, 0.3) is 0 Å². The van der Waals surface area contributed by atoms with Crippen LogP contribution in [0.2, 0.25) is 5.02 Å². The number of carbonyl (C=O) groups is 1. The Morgan fingerprint density at radius 1 is 1.23 bits per heavy atom. The van der Waals surface area contributed by atoms with E-state index in [9.17, 15) is 9.90 Å². The molecule has 116 valence electrons. The van der Waals surface area contributed by atoms with Crippen LogP contribution in [0.15, 0.2) is 42.5 Å². The Bertz CT molecular complexity index is 655. The topological polar surface area (TPSA) is 49.8 Å². The number of methoxy groups -OCH3 is 1. The summed E-state index contributed by atoms with van der Waals surface area (Å²) < 4.78 is 5.29. The zero-order valence-electron chi connectivity index (χ0n) is 12.5. The second kappa shape index (κ2) is 7.18. The quantitative estimate of drug-likeness (QED) is 0.920. The highest BCUT2D eigenvalue weighted by Gasteiger charge is 2.13. The summed E-state index contributed by atoms with van der Waals surface area (Å²) in [5.74, 6) is 0.870. The highest BCUT2D eigenvalue weighted by molar-refractivity contribution is 6.30. The molecule has 0 bridgehead atoms. The molecule has 0 aromatic heterocycles. The van der Waals surface area contributed by atoms with Crippen molar-refractivity contribution in [1.82, 2.24) is 4.90 Å². The van der Waals surface area contributed by atoms with Gasteiger partial charge in [-0.15, -0.1) is 0 Å². The number of phenols is 1. The average Bonchev–Trinajstić information content (AvgIpc) is 2.49. The van der Waals surface area contributed by atoms with E-state index in [-0.39, 0.29) is 18.1 Å². The van der Waals surface area contributed by atoms with Crippen LogP contribution in [0.1, 0.15) is 11.1 Å². The largest absolute Gasteiger partial charge is 0.508 e. The van der Waals surface area contributed by atoms with Gasteiger partial charge in [0.15, 0.2) is 0 Å². The molecule has 0 aliphatic heterocycles. The average molecular weight is 320 g/mol. The molecule has 0 saturated heterocycles. The van der Waals surface area contributed by atoms with Gasteiger partial charge in [0.25, 0.3) is 0 Å². The Kier molecular flexibility index (Phi) is 5.28. The highest BCUT2D eigenvalue weighted by atomic mass is 35.5. The monoisotopic (exact) mass is 319 g/mol. The first kappa shape index (κ1) is 16.2. The van der Waals surface area contributed by atoms with E-state index in [2.05, 4.69) is 0 Å². The van der Waals surface area contributed by atoms with Crippen molar-refractivity contribution in [3.8, 4) is 11.5 Å². The van der Waals surface area contributed by atoms with E-state index in [4.69, 9.17) is 16.3 Å². The molecule has 0 saturated carbocycles. The van der Waals surface area contributed by atoms with Gasteiger partial charge in [0.1, 0.15) is 11.5 Å². The maximum absolute atomic E-state index is 12.3. The fraction of sp³-hybridized carbons (Fsp3) is 0.235. The molecule has 4 nitrogen and oxygen atoms in total. The summed E-state index contributed by atoms with van der Waals surface area (Å²) in [6.07, 6.45) is 0.277. The number of halogens is 1. The van der Waals surface area contributed by atoms with Crippen LogP contribution >= 0.6 is 11.6 Å². The van der Waals surface area contributed by atoms with Crippen molar-refractivity contribution >= 4 is 17.5 Å². The lowest BCUT2D eigenvalue weighted by Crippen LogP contribution is -2.27. The molecular weight excluding hydrogens is 302 g/mol. The summed E-state index contributed by atoms with van der Waals surface area (Å²) in [5, 5.41) is 9.86. The van der Waals surface area contributed by atoms with Crippen LogP contribution < -0.4 is 4.74 Å². The van der Waals surface area contributed by atoms with Crippen LogP contribution in [0.3, 0.4) is 0 Å². The van der Waals surface area contributed by atoms with Crippen molar-refractivity contribution in [2.75, 3.05) is 14.2 Å². The maximum atomic E-state index is 12.3. The molecule has 5 heteroatoms. The van der Waals surface area contributed by atoms with Crippen molar-refractivity contribution in [2.45, 2.75) is 13.0 Å². The van der Waals surface area contributed by atoms with Gasteiger partial charge in [-0.25, -0.2) is 0 Å². The molecular formula is C17H18ClNO3. The number of carbonyl (C=O) groups excluding carboxylic acids is 1. The molecule has 0 unspecified atom stereocenters. The number of benzene rings is 2. The summed E-state index contributed by atoms with van der Waals surface area (Å²) in [6, 6.07) is 12.0. The van der Waals surface area contributed by atoms with Gasteiger partial charge < -0.3 is 14.7 Å². The van der Waals surface area contributed by atoms with Crippen molar-refractivity contribution in [3.63, 3.8) is 0 Å². The van der Waals surface area contributed by atoms with E-state index < -0.39 is 0 Å². The third kappa shape index (κ3) is 4.15. The first-order chi connectivity index (χ1) is 10.5. The van der Waals surface area contributed by atoms with E-state index in [1.54, 1.807) is 61.5 Å². The van der Waals surface area contributed by atoms with Crippen molar-refractivity contribution < 1.29 is 14.6 Å². The van der Waals surface area contributed by atoms with Gasteiger partial charge in [-0.2, -0.15) is 0 Å². The van der Waals surface area contributed by atoms with Gasteiger partial charge in [0.05, 0.1) is 13.5 Å². The standard InChI is InChI=1S/C17H18ClNO3/c1-19(11-13-10-14(18)5-8-16(13)22-2)17(21)9-12-3-6-15(20)7-4-12/h3-8,10,20H,9,11H2,1-2H3. The number of ether oxygens (including phenoxy) is 1. The molecule has 0 spiro atoms. The van der Waals surface area contributed by atoms with Crippen molar-refractivity contribution in [1.29, 1.82) is 0 Å². The van der Waals surface area contributed by atoms with Gasteiger partial charge in [0.2, 0.25) is 5.91 Å². The van der Waals surface area contributed by atoms with Gasteiger partial charge in [-0.1, -0.05) is 23.7 Å². The normalized spacial score (nSPS) is 10.3. The summed E-state index contributed by atoms with van der Waals surface area (Å²) in [5.41, 5.74) is 1.71. The number of rotatable bonds is 5. The maximum Gasteiger partial charge on any atom is 0.227 e. The van der Waals surface area contributed by atoms with Crippen LogP contribution in [0, 0.1) is 0 Å². The van der Waals surface area contributed by atoms with Crippen molar-refractivity contribution in [3.05, 3.63) is 58.6 Å². The number of phenolic OH excluding ortho intramolecular Hbond substituents is 1. The molecule has 0 heterocycles. The number of hydrogen-bond donors (Lipinski definition) is 1. The van der Waals surface area contributed by atoms with Gasteiger partial charge in [0, 0.05) is 24.2 Å². The summed E-state index contributed by atoms with van der Waals surface area (Å²) in [6.45, 7) is 0.417. The van der Waals surface area contributed by atoms with Crippen LogP contribution in [-0.4, -0.2) is 30.1 Å². The highest BCUT2D eigenvalue weighted by Crippen LogP contribution is 2.24. The van der Waals surface area contributed by atoms with Gasteiger partial charge >= 0.3 is 0 Å². The van der Waals surface area contributed by atoms with E-state index >= 15 is 0 Å².